The van der Waals surface area contributed by atoms with E-state index in [9.17, 15) is 18.0 Å². The van der Waals surface area contributed by atoms with Gasteiger partial charge in [-0.1, -0.05) is 12.8 Å². The minimum Gasteiger partial charge on any atom is -0.352 e. The Morgan fingerprint density at radius 3 is 2.41 bits per heavy atom. The summed E-state index contributed by atoms with van der Waals surface area (Å²) in [4.78, 5) is 11.3. The maximum absolute atomic E-state index is 11.9. The predicted molar refractivity (Wildman–Crippen MR) is 58.2 cm³/mol. The molecule has 17 heavy (non-hydrogen) atoms. The Morgan fingerprint density at radius 2 is 1.94 bits per heavy atom. The van der Waals surface area contributed by atoms with Crippen LogP contribution in [0.5, 0.6) is 0 Å². The van der Waals surface area contributed by atoms with Crippen LogP contribution in [0, 0.1) is 5.92 Å². The molecule has 3 nitrogen and oxygen atoms in total. The monoisotopic (exact) mass is 252 g/mol. The van der Waals surface area contributed by atoms with E-state index in [-0.39, 0.29) is 6.04 Å². The zero-order valence-corrected chi connectivity index (χ0v) is 9.72. The molecule has 0 bridgehead atoms. The molecule has 1 rings (SSSR count). The van der Waals surface area contributed by atoms with Crippen molar-refractivity contribution in [2.45, 2.75) is 50.7 Å². The Balaban J connectivity index is 2.32. The Morgan fingerprint density at radius 1 is 1.35 bits per heavy atom. The number of nitrogens with one attached hydrogen (secondary N) is 1. The highest BCUT2D eigenvalue weighted by Gasteiger charge is 2.29. The van der Waals surface area contributed by atoms with Crippen LogP contribution >= 0.6 is 0 Å². The van der Waals surface area contributed by atoms with Gasteiger partial charge in [-0.2, -0.15) is 13.2 Å². The molecule has 0 heterocycles. The van der Waals surface area contributed by atoms with Gasteiger partial charge in [0.2, 0.25) is 5.91 Å². The summed E-state index contributed by atoms with van der Waals surface area (Å²) in [6.45, 7) is 0.294. The number of nitrogens with two attached hydrogens (primary N) is 1. The largest absolute Gasteiger partial charge is 0.389 e. The summed E-state index contributed by atoms with van der Waals surface area (Å²) < 4.78 is 35.8. The van der Waals surface area contributed by atoms with Crippen molar-refractivity contribution in [3.63, 3.8) is 0 Å². The summed E-state index contributed by atoms with van der Waals surface area (Å²) in [5.74, 6) is -0.223. The van der Waals surface area contributed by atoms with Crippen LogP contribution in [-0.4, -0.2) is 24.7 Å². The van der Waals surface area contributed by atoms with Crippen molar-refractivity contribution in [1.29, 1.82) is 0 Å². The Labute approximate surface area is 98.9 Å². The van der Waals surface area contributed by atoms with Gasteiger partial charge in [0.25, 0.3) is 0 Å². The minimum atomic E-state index is -4.27. The average Bonchev–Trinajstić information content (AvgIpc) is 2.75. The molecule has 1 saturated carbocycles. The average molecular weight is 252 g/mol. The van der Waals surface area contributed by atoms with Crippen molar-refractivity contribution in [3.8, 4) is 0 Å². The summed E-state index contributed by atoms with van der Waals surface area (Å²) in [6, 6.07) is -0.168. The van der Waals surface area contributed by atoms with Crippen molar-refractivity contribution in [1.82, 2.24) is 5.32 Å². The highest BCUT2D eigenvalue weighted by Crippen LogP contribution is 2.27. The van der Waals surface area contributed by atoms with Crippen LogP contribution in [0.2, 0.25) is 0 Å². The van der Waals surface area contributed by atoms with Crippen molar-refractivity contribution in [2.75, 3.05) is 6.54 Å². The van der Waals surface area contributed by atoms with E-state index in [4.69, 9.17) is 5.73 Å². The van der Waals surface area contributed by atoms with E-state index in [2.05, 4.69) is 5.32 Å². The second kappa shape index (κ2) is 6.23. The number of halogens is 3. The van der Waals surface area contributed by atoms with Gasteiger partial charge in [-0.05, 0) is 18.8 Å². The van der Waals surface area contributed by atoms with Crippen LogP contribution in [0.1, 0.15) is 38.5 Å². The second-order valence-electron chi connectivity index (χ2n) is 4.57. The van der Waals surface area contributed by atoms with E-state index < -0.39 is 24.9 Å². The predicted octanol–water partition coefficient (Wildman–Crippen LogP) is 1.96. The van der Waals surface area contributed by atoms with Gasteiger partial charge in [0, 0.05) is 19.0 Å². The zero-order chi connectivity index (χ0) is 12.9. The SMILES string of the molecule is NCC(NC(=O)CCC(F)(F)F)C1CCCC1. The van der Waals surface area contributed by atoms with Crippen LogP contribution < -0.4 is 11.1 Å². The van der Waals surface area contributed by atoms with Crippen LogP contribution in [0.25, 0.3) is 0 Å². The van der Waals surface area contributed by atoms with Gasteiger partial charge in [0.05, 0.1) is 6.42 Å². The lowest BCUT2D eigenvalue weighted by Crippen LogP contribution is -2.44. The molecule has 1 aliphatic rings. The fraction of sp³-hybridized carbons (Fsp3) is 0.909. The third-order valence-electron chi connectivity index (χ3n) is 3.20. The Bertz CT molecular complexity index is 250. The molecular formula is C11H19F3N2O. The van der Waals surface area contributed by atoms with Gasteiger partial charge in [-0.15, -0.1) is 0 Å². The molecule has 0 saturated heterocycles. The van der Waals surface area contributed by atoms with Crippen LogP contribution in [0.4, 0.5) is 13.2 Å². The van der Waals surface area contributed by atoms with E-state index >= 15 is 0 Å². The van der Waals surface area contributed by atoms with Gasteiger partial charge in [0.15, 0.2) is 0 Å². The minimum absolute atomic E-state index is 0.168. The molecule has 1 fully saturated rings. The summed E-state index contributed by atoms with van der Waals surface area (Å²) in [5, 5.41) is 2.62. The molecule has 0 aromatic carbocycles. The quantitative estimate of drug-likeness (QED) is 0.786. The third kappa shape index (κ3) is 5.39. The molecule has 6 heteroatoms. The highest BCUT2D eigenvalue weighted by atomic mass is 19.4. The zero-order valence-electron chi connectivity index (χ0n) is 9.72. The smallest absolute Gasteiger partial charge is 0.352 e. The highest BCUT2D eigenvalue weighted by molar-refractivity contribution is 5.76. The van der Waals surface area contributed by atoms with Gasteiger partial charge < -0.3 is 11.1 Å². The van der Waals surface area contributed by atoms with E-state index in [1.54, 1.807) is 0 Å². The number of carbonyl (C=O) groups excluding carboxylic acids is 1. The Kier molecular flexibility index (Phi) is 5.24. The number of alkyl halides is 3. The maximum Gasteiger partial charge on any atom is 0.389 e. The van der Waals surface area contributed by atoms with Crippen LogP contribution in [-0.2, 0) is 4.79 Å². The number of hydrogen-bond donors (Lipinski definition) is 2. The summed E-state index contributed by atoms with van der Waals surface area (Å²) >= 11 is 0. The van der Waals surface area contributed by atoms with Gasteiger partial charge in [-0.25, -0.2) is 0 Å². The van der Waals surface area contributed by atoms with E-state index in [1.165, 1.54) is 0 Å². The van der Waals surface area contributed by atoms with Crippen molar-refractivity contribution < 1.29 is 18.0 Å². The molecule has 0 aromatic heterocycles. The number of carbonyl (C=O) groups is 1. The molecule has 1 amide bonds. The van der Waals surface area contributed by atoms with E-state index in [0.717, 1.165) is 25.7 Å². The van der Waals surface area contributed by atoms with Crippen molar-refractivity contribution >= 4 is 5.91 Å². The Hall–Kier alpha value is -0.780. The first-order valence-corrected chi connectivity index (χ1v) is 5.98. The second-order valence-corrected chi connectivity index (χ2v) is 4.57. The lowest BCUT2D eigenvalue weighted by Gasteiger charge is -2.23. The molecule has 1 aliphatic carbocycles. The van der Waals surface area contributed by atoms with Gasteiger partial charge in [0.1, 0.15) is 0 Å². The topological polar surface area (TPSA) is 55.1 Å². The lowest BCUT2D eigenvalue weighted by molar-refractivity contribution is -0.144. The normalized spacial score (nSPS) is 19.3. The molecule has 0 aliphatic heterocycles. The fourth-order valence-corrected chi connectivity index (χ4v) is 2.26. The van der Waals surface area contributed by atoms with Gasteiger partial charge >= 0.3 is 6.18 Å². The number of rotatable bonds is 5. The van der Waals surface area contributed by atoms with Gasteiger partial charge in [-0.3, -0.25) is 4.79 Å². The molecule has 1 unspecified atom stereocenters. The molecule has 1 atom stereocenters. The molecule has 3 N–H and O–H groups in total. The van der Waals surface area contributed by atoms with E-state index in [0.29, 0.717) is 12.5 Å². The van der Waals surface area contributed by atoms with Crippen LogP contribution in [0.3, 0.4) is 0 Å². The molecule has 100 valence electrons. The fourth-order valence-electron chi connectivity index (χ4n) is 2.26. The first-order chi connectivity index (χ1) is 7.92. The summed E-state index contributed by atoms with van der Waals surface area (Å²) in [6.07, 6.45) is -1.63. The summed E-state index contributed by atoms with van der Waals surface area (Å²) in [7, 11) is 0. The first-order valence-electron chi connectivity index (χ1n) is 5.98. The van der Waals surface area contributed by atoms with Crippen LogP contribution in [0.15, 0.2) is 0 Å². The molecule has 0 radical (unpaired) electrons. The number of hydrogen-bond acceptors (Lipinski definition) is 2. The van der Waals surface area contributed by atoms with Crippen molar-refractivity contribution in [3.05, 3.63) is 0 Å². The number of amides is 1. The standard InChI is InChI=1S/C11H19F3N2O/c12-11(13,14)6-5-10(17)16-9(7-15)8-3-1-2-4-8/h8-9H,1-7,15H2,(H,16,17). The third-order valence-corrected chi connectivity index (χ3v) is 3.20. The van der Waals surface area contributed by atoms with Crippen molar-refractivity contribution in [2.24, 2.45) is 11.7 Å². The van der Waals surface area contributed by atoms with E-state index in [1.807, 2.05) is 0 Å². The maximum atomic E-state index is 11.9. The molecule has 0 aromatic rings. The lowest BCUT2D eigenvalue weighted by atomic mass is 9.98. The molecular weight excluding hydrogens is 233 g/mol. The first kappa shape index (κ1) is 14.3. The summed E-state index contributed by atoms with van der Waals surface area (Å²) in [5.41, 5.74) is 5.55. The molecule has 0 spiro atoms.